The van der Waals surface area contributed by atoms with Crippen LogP contribution in [0.2, 0.25) is 0 Å². The molecule has 4 heteroatoms. The van der Waals surface area contributed by atoms with Gasteiger partial charge in [0.15, 0.2) is 0 Å². The molecule has 0 spiro atoms. The van der Waals surface area contributed by atoms with Crippen LogP contribution in [0, 0.1) is 11.8 Å². The number of para-hydroxylation sites is 1. The standard InChI is InChI=1S/C28H28N2O2/c1-3-7-21(4-2)27-17-23(25-8-5-6-9-26(25)30-27)18-32-24-12-10-19(11-13-24)14-20-15-22(16-20)28(29)31/h3-13,17,20,22H,1-2,14-16,18H2,(H2,29,31)/b21-7+. The number of allylic oxidation sites excluding steroid dienone is 4. The highest BCUT2D eigenvalue weighted by atomic mass is 16.5. The summed E-state index contributed by atoms with van der Waals surface area (Å²) in [5.74, 6) is 1.26. The SMILES string of the molecule is C=C/C=C(\C=C)c1cc(COc2ccc(CC3CC(C(N)=O)C3)cc2)c2ccccc2n1. The Labute approximate surface area is 189 Å². The third-order valence-corrected chi connectivity index (χ3v) is 6.10. The molecule has 1 amide bonds. The zero-order valence-corrected chi connectivity index (χ0v) is 18.2. The van der Waals surface area contributed by atoms with Crippen molar-refractivity contribution in [2.24, 2.45) is 17.6 Å². The molecule has 1 fully saturated rings. The van der Waals surface area contributed by atoms with E-state index in [4.69, 9.17) is 15.5 Å². The number of nitrogens with zero attached hydrogens (tertiary/aromatic N) is 1. The van der Waals surface area contributed by atoms with Crippen molar-refractivity contribution in [1.82, 2.24) is 4.98 Å². The number of benzene rings is 2. The average molecular weight is 425 g/mol. The van der Waals surface area contributed by atoms with E-state index in [1.165, 1.54) is 5.56 Å². The number of rotatable bonds is 9. The first kappa shape index (κ1) is 21.6. The Morgan fingerprint density at radius 2 is 1.88 bits per heavy atom. The Bertz CT molecular complexity index is 1170. The molecule has 0 saturated heterocycles. The Morgan fingerprint density at radius 1 is 1.12 bits per heavy atom. The van der Waals surface area contributed by atoms with Crippen LogP contribution < -0.4 is 10.5 Å². The molecule has 1 aromatic heterocycles. The molecular formula is C28H28N2O2. The minimum Gasteiger partial charge on any atom is -0.489 e. The monoisotopic (exact) mass is 424 g/mol. The van der Waals surface area contributed by atoms with Crippen molar-refractivity contribution in [3.63, 3.8) is 0 Å². The van der Waals surface area contributed by atoms with E-state index in [1.54, 1.807) is 12.2 Å². The highest BCUT2D eigenvalue weighted by molar-refractivity contribution is 5.86. The van der Waals surface area contributed by atoms with E-state index in [0.29, 0.717) is 12.5 Å². The molecule has 0 unspecified atom stereocenters. The van der Waals surface area contributed by atoms with Gasteiger partial charge in [-0.2, -0.15) is 0 Å². The van der Waals surface area contributed by atoms with Gasteiger partial charge in [0.25, 0.3) is 0 Å². The van der Waals surface area contributed by atoms with Crippen LogP contribution in [-0.4, -0.2) is 10.9 Å². The molecule has 2 aromatic carbocycles. The van der Waals surface area contributed by atoms with Crippen molar-refractivity contribution in [3.05, 3.63) is 103 Å². The van der Waals surface area contributed by atoms with E-state index in [0.717, 1.165) is 52.7 Å². The number of ether oxygens (including phenoxy) is 1. The topological polar surface area (TPSA) is 65.2 Å². The highest BCUT2D eigenvalue weighted by Crippen LogP contribution is 2.36. The molecule has 0 bridgehead atoms. The smallest absolute Gasteiger partial charge is 0.220 e. The molecule has 3 aromatic rings. The zero-order valence-electron chi connectivity index (χ0n) is 18.2. The first-order valence-electron chi connectivity index (χ1n) is 10.9. The van der Waals surface area contributed by atoms with Crippen molar-refractivity contribution in [2.75, 3.05) is 0 Å². The van der Waals surface area contributed by atoms with Crippen molar-refractivity contribution >= 4 is 22.4 Å². The van der Waals surface area contributed by atoms with Gasteiger partial charge in [-0.05, 0) is 60.6 Å². The van der Waals surface area contributed by atoms with E-state index >= 15 is 0 Å². The molecule has 4 rings (SSSR count). The quantitative estimate of drug-likeness (QED) is 0.453. The predicted molar refractivity (Wildman–Crippen MR) is 130 cm³/mol. The minimum atomic E-state index is -0.169. The molecule has 1 heterocycles. The predicted octanol–water partition coefficient (Wildman–Crippen LogP) is 5.62. The first-order valence-corrected chi connectivity index (χ1v) is 10.9. The highest BCUT2D eigenvalue weighted by Gasteiger charge is 2.32. The number of carbonyl (C=O) groups is 1. The van der Waals surface area contributed by atoms with Gasteiger partial charge < -0.3 is 10.5 Å². The molecule has 1 saturated carbocycles. The summed E-state index contributed by atoms with van der Waals surface area (Å²) < 4.78 is 6.12. The van der Waals surface area contributed by atoms with Crippen LogP contribution in [0.15, 0.2) is 86.0 Å². The number of aromatic nitrogens is 1. The second kappa shape index (κ2) is 9.65. The lowest BCUT2D eigenvalue weighted by Crippen LogP contribution is -2.35. The number of carbonyl (C=O) groups excluding carboxylic acids is 1. The summed E-state index contributed by atoms with van der Waals surface area (Å²) in [7, 11) is 0. The fourth-order valence-corrected chi connectivity index (χ4v) is 4.25. The van der Waals surface area contributed by atoms with E-state index in [1.807, 2.05) is 36.4 Å². The summed E-state index contributed by atoms with van der Waals surface area (Å²) >= 11 is 0. The Morgan fingerprint density at radius 3 is 2.56 bits per heavy atom. The average Bonchev–Trinajstić information content (AvgIpc) is 2.78. The van der Waals surface area contributed by atoms with Crippen molar-refractivity contribution < 1.29 is 9.53 Å². The van der Waals surface area contributed by atoms with Gasteiger partial charge in [0.05, 0.1) is 11.2 Å². The Balaban J connectivity index is 1.47. The lowest BCUT2D eigenvalue weighted by Gasteiger charge is -2.33. The lowest BCUT2D eigenvalue weighted by molar-refractivity contribution is -0.125. The van der Waals surface area contributed by atoms with Gasteiger partial charge in [-0.25, -0.2) is 4.98 Å². The van der Waals surface area contributed by atoms with Crippen molar-refractivity contribution in [1.29, 1.82) is 0 Å². The van der Waals surface area contributed by atoms with Gasteiger partial charge >= 0.3 is 0 Å². The van der Waals surface area contributed by atoms with Crippen molar-refractivity contribution in [2.45, 2.75) is 25.9 Å². The van der Waals surface area contributed by atoms with Crippen LogP contribution in [0.1, 0.15) is 29.7 Å². The Hall–Kier alpha value is -3.66. The molecule has 1 aliphatic carbocycles. The number of nitrogens with two attached hydrogens (primary N) is 1. The summed E-state index contributed by atoms with van der Waals surface area (Å²) in [6.07, 6.45) is 8.21. The number of fused-ring (bicyclic) bond motifs is 1. The van der Waals surface area contributed by atoms with Crippen LogP contribution in [0.5, 0.6) is 5.75 Å². The van der Waals surface area contributed by atoms with Gasteiger partial charge in [0.1, 0.15) is 12.4 Å². The van der Waals surface area contributed by atoms with E-state index < -0.39 is 0 Å². The summed E-state index contributed by atoms with van der Waals surface area (Å²) in [6, 6.07) is 18.4. The maximum atomic E-state index is 11.2. The van der Waals surface area contributed by atoms with E-state index in [-0.39, 0.29) is 11.8 Å². The Kier molecular flexibility index (Phi) is 6.50. The molecular weight excluding hydrogens is 396 g/mol. The summed E-state index contributed by atoms with van der Waals surface area (Å²) in [6.45, 7) is 8.12. The largest absolute Gasteiger partial charge is 0.489 e. The number of pyridine rings is 1. The fourth-order valence-electron chi connectivity index (χ4n) is 4.25. The summed E-state index contributed by atoms with van der Waals surface area (Å²) in [5, 5.41) is 1.07. The van der Waals surface area contributed by atoms with Gasteiger partial charge in [0.2, 0.25) is 5.91 Å². The number of hydrogen-bond donors (Lipinski definition) is 1. The second-order valence-electron chi connectivity index (χ2n) is 8.32. The third-order valence-electron chi connectivity index (χ3n) is 6.10. The zero-order chi connectivity index (χ0) is 22.5. The molecule has 1 aliphatic rings. The van der Waals surface area contributed by atoms with Gasteiger partial charge in [-0.15, -0.1) is 0 Å². The van der Waals surface area contributed by atoms with Gasteiger partial charge in [-0.1, -0.05) is 61.7 Å². The maximum absolute atomic E-state index is 11.2. The molecule has 0 aliphatic heterocycles. The second-order valence-corrected chi connectivity index (χ2v) is 8.32. The molecule has 0 radical (unpaired) electrons. The van der Waals surface area contributed by atoms with Crippen LogP contribution in [-0.2, 0) is 17.8 Å². The maximum Gasteiger partial charge on any atom is 0.220 e. The van der Waals surface area contributed by atoms with Gasteiger partial charge in [0, 0.05) is 16.9 Å². The van der Waals surface area contributed by atoms with E-state index in [9.17, 15) is 4.79 Å². The molecule has 2 N–H and O–H groups in total. The van der Waals surface area contributed by atoms with Crippen LogP contribution in [0.3, 0.4) is 0 Å². The normalized spacial score (nSPS) is 18.1. The van der Waals surface area contributed by atoms with Crippen LogP contribution in [0.25, 0.3) is 16.5 Å². The lowest BCUT2D eigenvalue weighted by atomic mass is 9.72. The summed E-state index contributed by atoms with van der Waals surface area (Å²) in [5.41, 5.74) is 10.4. The molecule has 4 nitrogen and oxygen atoms in total. The van der Waals surface area contributed by atoms with Gasteiger partial charge in [-0.3, -0.25) is 4.79 Å². The molecule has 162 valence electrons. The number of primary amides is 1. The van der Waals surface area contributed by atoms with Crippen LogP contribution >= 0.6 is 0 Å². The minimum absolute atomic E-state index is 0.0608. The number of hydrogen-bond acceptors (Lipinski definition) is 3. The first-order chi connectivity index (χ1) is 15.6. The molecule has 32 heavy (non-hydrogen) atoms. The summed E-state index contributed by atoms with van der Waals surface area (Å²) in [4.78, 5) is 16.0. The number of amides is 1. The molecule has 0 atom stereocenters. The third kappa shape index (κ3) is 4.80. The fraction of sp³-hybridized carbons (Fsp3) is 0.214. The van der Waals surface area contributed by atoms with Crippen molar-refractivity contribution in [3.8, 4) is 5.75 Å². The van der Waals surface area contributed by atoms with E-state index in [2.05, 4.69) is 37.4 Å². The van der Waals surface area contributed by atoms with Crippen LogP contribution in [0.4, 0.5) is 0 Å².